The van der Waals surface area contributed by atoms with Gasteiger partial charge in [0.1, 0.15) is 0 Å². The lowest BCUT2D eigenvalue weighted by Crippen LogP contribution is -2.38. The summed E-state index contributed by atoms with van der Waals surface area (Å²) in [7, 11) is 1.93. The predicted molar refractivity (Wildman–Crippen MR) is 62.4 cm³/mol. The van der Waals surface area contributed by atoms with Crippen LogP contribution in [-0.4, -0.2) is 30.4 Å². The van der Waals surface area contributed by atoms with Gasteiger partial charge in [-0.2, -0.15) is 0 Å². The molecule has 0 aromatic carbocycles. The lowest BCUT2D eigenvalue weighted by Gasteiger charge is -2.26. The van der Waals surface area contributed by atoms with Gasteiger partial charge < -0.3 is 10.6 Å². The van der Waals surface area contributed by atoms with E-state index in [0.29, 0.717) is 24.9 Å². The number of amides is 1. The molecule has 0 aromatic heterocycles. The summed E-state index contributed by atoms with van der Waals surface area (Å²) in [6.45, 7) is 4.86. The second-order valence-corrected chi connectivity index (χ2v) is 4.80. The summed E-state index contributed by atoms with van der Waals surface area (Å²) in [4.78, 5) is 13.8. The largest absolute Gasteiger partial charge is 0.343 e. The molecular formula is C12H24N2O. The number of hydrogen-bond donors (Lipinski definition) is 1. The Balaban J connectivity index is 2.37. The van der Waals surface area contributed by atoms with Gasteiger partial charge in [0.25, 0.3) is 0 Å². The maximum atomic E-state index is 11.9. The standard InChI is InChI=1S/C12H24N2O/c1-4-10(8-13)7-12(15)14(3)9(2)11-5-6-11/h9-11H,4-8,13H2,1-3H3. The van der Waals surface area contributed by atoms with Crippen molar-refractivity contribution in [3.05, 3.63) is 0 Å². The lowest BCUT2D eigenvalue weighted by molar-refractivity contribution is -0.133. The fraction of sp³-hybridized carbons (Fsp3) is 0.917. The SMILES string of the molecule is CCC(CN)CC(=O)N(C)C(C)C1CC1. The summed E-state index contributed by atoms with van der Waals surface area (Å²) in [5.74, 6) is 1.36. The molecule has 0 heterocycles. The smallest absolute Gasteiger partial charge is 0.222 e. The quantitative estimate of drug-likeness (QED) is 0.727. The Morgan fingerprint density at radius 3 is 2.53 bits per heavy atom. The number of nitrogens with two attached hydrogens (primary N) is 1. The molecule has 0 saturated heterocycles. The predicted octanol–water partition coefficient (Wildman–Crippen LogP) is 1.62. The first kappa shape index (κ1) is 12.5. The number of rotatable bonds is 6. The third kappa shape index (κ3) is 3.49. The van der Waals surface area contributed by atoms with Crippen molar-refractivity contribution < 1.29 is 4.79 Å². The van der Waals surface area contributed by atoms with Crippen LogP contribution in [0, 0.1) is 11.8 Å². The molecule has 2 unspecified atom stereocenters. The van der Waals surface area contributed by atoms with E-state index in [1.165, 1.54) is 12.8 Å². The zero-order valence-electron chi connectivity index (χ0n) is 10.2. The zero-order chi connectivity index (χ0) is 11.4. The topological polar surface area (TPSA) is 46.3 Å². The van der Waals surface area contributed by atoms with Crippen LogP contribution in [0.1, 0.15) is 39.5 Å². The number of carbonyl (C=O) groups is 1. The van der Waals surface area contributed by atoms with Gasteiger partial charge >= 0.3 is 0 Å². The van der Waals surface area contributed by atoms with Gasteiger partial charge in [0.05, 0.1) is 0 Å². The van der Waals surface area contributed by atoms with Crippen LogP contribution in [0.25, 0.3) is 0 Å². The molecule has 0 spiro atoms. The third-order valence-corrected chi connectivity index (χ3v) is 3.68. The molecule has 1 amide bonds. The highest BCUT2D eigenvalue weighted by Crippen LogP contribution is 2.34. The first-order valence-electron chi connectivity index (χ1n) is 6.05. The van der Waals surface area contributed by atoms with Crippen LogP contribution in [0.4, 0.5) is 0 Å². The summed E-state index contributed by atoms with van der Waals surface area (Å²) in [6.07, 6.45) is 4.17. The molecule has 15 heavy (non-hydrogen) atoms. The van der Waals surface area contributed by atoms with Crippen molar-refractivity contribution in [2.24, 2.45) is 17.6 Å². The molecule has 1 fully saturated rings. The van der Waals surface area contributed by atoms with E-state index in [0.717, 1.165) is 12.3 Å². The van der Waals surface area contributed by atoms with Crippen molar-refractivity contribution >= 4 is 5.91 Å². The van der Waals surface area contributed by atoms with Crippen LogP contribution >= 0.6 is 0 Å². The van der Waals surface area contributed by atoms with Crippen molar-refractivity contribution in [2.75, 3.05) is 13.6 Å². The van der Waals surface area contributed by atoms with E-state index in [9.17, 15) is 4.79 Å². The van der Waals surface area contributed by atoms with Gasteiger partial charge in [-0.25, -0.2) is 0 Å². The summed E-state index contributed by atoms with van der Waals surface area (Å²) < 4.78 is 0. The fourth-order valence-electron chi connectivity index (χ4n) is 1.91. The second-order valence-electron chi connectivity index (χ2n) is 4.80. The molecule has 0 bridgehead atoms. The fourth-order valence-corrected chi connectivity index (χ4v) is 1.91. The number of nitrogens with zero attached hydrogens (tertiary/aromatic N) is 1. The first-order chi connectivity index (χ1) is 7.10. The van der Waals surface area contributed by atoms with E-state index >= 15 is 0 Å². The van der Waals surface area contributed by atoms with Gasteiger partial charge in [-0.3, -0.25) is 4.79 Å². The van der Waals surface area contributed by atoms with Crippen LogP contribution in [-0.2, 0) is 4.79 Å². The maximum Gasteiger partial charge on any atom is 0.222 e. The molecule has 0 aliphatic heterocycles. The average Bonchev–Trinajstić information content (AvgIpc) is 3.07. The van der Waals surface area contributed by atoms with Crippen LogP contribution < -0.4 is 5.73 Å². The summed E-state index contributed by atoms with van der Waals surface area (Å²) in [5, 5.41) is 0. The Hall–Kier alpha value is -0.570. The van der Waals surface area contributed by atoms with Gasteiger partial charge in [0.15, 0.2) is 0 Å². The third-order valence-electron chi connectivity index (χ3n) is 3.68. The van der Waals surface area contributed by atoms with Gasteiger partial charge in [-0.05, 0) is 38.1 Å². The van der Waals surface area contributed by atoms with Crippen molar-refractivity contribution in [2.45, 2.75) is 45.6 Å². The van der Waals surface area contributed by atoms with E-state index in [1.54, 1.807) is 0 Å². The van der Waals surface area contributed by atoms with Gasteiger partial charge in [-0.1, -0.05) is 13.3 Å². The molecule has 1 aliphatic carbocycles. The summed E-state index contributed by atoms with van der Waals surface area (Å²) >= 11 is 0. The van der Waals surface area contributed by atoms with Crippen LogP contribution in [0.5, 0.6) is 0 Å². The summed E-state index contributed by atoms with van der Waals surface area (Å²) in [5.41, 5.74) is 5.61. The molecule has 2 atom stereocenters. The second kappa shape index (κ2) is 5.50. The van der Waals surface area contributed by atoms with Gasteiger partial charge in [-0.15, -0.1) is 0 Å². The Morgan fingerprint density at radius 2 is 2.13 bits per heavy atom. The minimum Gasteiger partial charge on any atom is -0.343 e. The molecule has 0 radical (unpaired) electrons. The maximum absolute atomic E-state index is 11.9. The highest BCUT2D eigenvalue weighted by atomic mass is 16.2. The molecule has 1 aliphatic rings. The molecule has 3 heteroatoms. The molecule has 1 rings (SSSR count). The number of hydrogen-bond acceptors (Lipinski definition) is 2. The molecule has 3 nitrogen and oxygen atoms in total. The molecule has 2 N–H and O–H groups in total. The van der Waals surface area contributed by atoms with E-state index < -0.39 is 0 Å². The molecule has 1 saturated carbocycles. The van der Waals surface area contributed by atoms with Crippen LogP contribution in [0.15, 0.2) is 0 Å². The Morgan fingerprint density at radius 1 is 1.53 bits per heavy atom. The van der Waals surface area contributed by atoms with Crippen LogP contribution in [0.2, 0.25) is 0 Å². The van der Waals surface area contributed by atoms with Crippen molar-refractivity contribution in [3.8, 4) is 0 Å². The highest BCUT2D eigenvalue weighted by Gasteiger charge is 2.32. The Bertz CT molecular complexity index is 210. The average molecular weight is 212 g/mol. The van der Waals surface area contributed by atoms with Crippen molar-refractivity contribution in [3.63, 3.8) is 0 Å². The molecule has 0 aromatic rings. The monoisotopic (exact) mass is 212 g/mol. The summed E-state index contributed by atoms with van der Waals surface area (Å²) in [6, 6.07) is 0.410. The van der Waals surface area contributed by atoms with Crippen LogP contribution in [0.3, 0.4) is 0 Å². The Labute approximate surface area is 93.0 Å². The zero-order valence-corrected chi connectivity index (χ0v) is 10.2. The van der Waals surface area contributed by atoms with Crippen molar-refractivity contribution in [1.29, 1.82) is 0 Å². The normalized spacial score (nSPS) is 19.7. The van der Waals surface area contributed by atoms with E-state index in [1.807, 2.05) is 11.9 Å². The van der Waals surface area contributed by atoms with Gasteiger partial charge in [0, 0.05) is 19.5 Å². The highest BCUT2D eigenvalue weighted by molar-refractivity contribution is 5.76. The van der Waals surface area contributed by atoms with Crippen molar-refractivity contribution in [1.82, 2.24) is 4.90 Å². The molecule has 88 valence electrons. The minimum atomic E-state index is 0.256. The van der Waals surface area contributed by atoms with E-state index in [2.05, 4.69) is 13.8 Å². The number of carbonyl (C=O) groups excluding carboxylic acids is 1. The first-order valence-corrected chi connectivity index (χ1v) is 6.05. The Kier molecular flexibility index (Phi) is 4.58. The lowest BCUT2D eigenvalue weighted by atomic mass is 10.0. The van der Waals surface area contributed by atoms with Gasteiger partial charge in [0.2, 0.25) is 5.91 Å². The molecular weight excluding hydrogens is 188 g/mol. The minimum absolute atomic E-state index is 0.256. The van der Waals surface area contributed by atoms with E-state index in [-0.39, 0.29) is 5.91 Å². The van der Waals surface area contributed by atoms with E-state index in [4.69, 9.17) is 5.73 Å².